The topological polar surface area (TPSA) is 96.9 Å². The van der Waals surface area contributed by atoms with Crippen molar-refractivity contribution in [2.75, 3.05) is 5.73 Å². The van der Waals surface area contributed by atoms with Crippen LogP contribution in [0.15, 0.2) is 10.9 Å². The molecule has 6 nitrogen and oxygen atoms in total. The molecule has 4 N–H and O–H groups in total. The summed E-state index contributed by atoms with van der Waals surface area (Å²) in [7, 11) is 0. The lowest BCUT2D eigenvalue weighted by atomic mass is 10.2. The van der Waals surface area contributed by atoms with Crippen molar-refractivity contribution in [2.45, 2.75) is 32.7 Å². The SMILES string of the molecule is CCC(CC)n1nc2cc(O)[nH]c(=O)c2c1N. The fourth-order valence-corrected chi connectivity index (χ4v) is 2.06. The molecule has 6 heteroatoms. The van der Waals surface area contributed by atoms with Gasteiger partial charge in [-0.05, 0) is 12.8 Å². The van der Waals surface area contributed by atoms with E-state index in [1.54, 1.807) is 4.68 Å². The maximum Gasteiger partial charge on any atom is 0.263 e. The number of nitrogens with one attached hydrogen (secondary N) is 1. The molecule has 2 aromatic rings. The zero-order chi connectivity index (χ0) is 12.6. The number of anilines is 1. The molecule has 2 aromatic heterocycles. The Morgan fingerprint density at radius 2 is 2.18 bits per heavy atom. The molecule has 17 heavy (non-hydrogen) atoms. The number of pyridine rings is 1. The first-order chi connectivity index (χ1) is 8.08. The van der Waals surface area contributed by atoms with Gasteiger partial charge in [-0.1, -0.05) is 13.8 Å². The zero-order valence-corrected chi connectivity index (χ0v) is 9.90. The highest BCUT2D eigenvalue weighted by Gasteiger charge is 2.17. The summed E-state index contributed by atoms with van der Waals surface area (Å²) in [6.07, 6.45) is 1.77. The molecule has 0 bridgehead atoms. The quantitative estimate of drug-likeness (QED) is 0.749. The molecule has 0 unspecified atom stereocenters. The molecule has 0 atom stereocenters. The maximum absolute atomic E-state index is 11.7. The van der Waals surface area contributed by atoms with Gasteiger partial charge in [-0.2, -0.15) is 5.10 Å². The number of aromatic nitrogens is 3. The molecule has 0 radical (unpaired) electrons. The fraction of sp³-hybridized carbons (Fsp3) is 0.455. The molecule has 0 amide bonds. The van der Waals surface area contributed by atoms with Crippen LogP contribution in [-0.4, -0.2) is 19.9 Å². The standard InChI is InChI=1S/C11H16N4O2/c1-3-6(4-2)15-10(12)9-7(14-15)5-8(16)13-11(9)17/h5-6,16H,3-4,12H2,1-2H3,(H,13,17). The van der Waals surface area contributed by atoms with Gasteiger partial charge in [0.2, 0.25) is 0 Å². The summed E-state index contributed by atoms with van der Waals surface area (Å²) in [5, 5.41) is 13.9. The van der Waals surface area contributed by atoms with Gasteiger partial charge in [0.05, 0.1) is 6.04 Å². The smallest absolute Gasteiger partial charge is 0.263 e. The van der Waals surface area contributed by atoms with Crippen LogP contribution in [0.5, 0.6) is 5.88 Å². The predicted molar refractivity (Wildman–Crippen MR) is 66.0 cm³/mol. The molecule has 92 valence electrons. The lowest BCUT2D eigenvalue weighted by molar-refractivity contribution is 0.437. The summed E-state index contributed by atoms with van der Waals surface area (Å²) in [4.78, 5) is 14.0. The first-order valence-corrected chi connectivity index (χ1v) is 5.68. The second-order valence-corrected chi connectivity index (χ2v) is 4.04. The molecule has 0 spiro atoms. The van der Waals surface area contributed by atoms with Gasteiger partial charge >= 0.3 is 0 Å². The Labute approximate surface area is 98.1 Å². The number of rotatable bonds is 3. The minimum Gasteiger partial charge on any atom is -0.494 e. The van der Waals surface area contributed by atoms with Gasteiger partial charge in [-0.15, -0.1) is 0 Å². The number of nitrogen functional groups attached to an aromatic ring is 1. The van der Waals surface area contributed by atoms with Crippen molar-refractivity contribution in [2.24, 2.45) is 0 Å². The number of fused-ring (bicyclic) bond motifs is 1. The summed E-state index contributed by atoms with van der Waals surface area (Å²) in [6, 6.07) is 1.58. The van der Waals surface area contributed by atoms with Crippen LogP contribution in [0.4, 0.5) is 5.82 Å². The second kappa shape index (κ2) is 4.12. The number of hydrogen-bond acceptors (Lipinski definition) is 4. The monoisotopic (exact) mass is 236 g/mol. The summed E-state index contributed by atoms with van der Waals surface area (Å²) < 4.78 is 1.67. The molecular weight excluding hydrogens is 220 g/mol. The van der Waals surface area contributed by atoms with E-state index in [0.717, 1.165) is 12.8 Å². The van der Waals surface area contributed by atoms with E-state index >= 15 is 0 Å². The number of nitrogens with zero attached hydrogens (tertiary/aromatic N) is 2. The van der Waals surface area contributed by atoms with E-state index in [4.69, 9.17) is 5.73 Å². The number of hydrogen-bond donors (Lipinski definition) is 3. The molecule has 0 aromatic carbocycles. The summed E-state index contributed by atoms with van der Waals surface area (Å²) >= 11 is 0. The van der Waals surface area contributed by atoms with E-state index < -0.39 is 5.56 Å². The Kier molecular flexibility index (Phi) is 2.79. The molecular formula is C11H16N4O2. The van der Waals surface area contributed by atoms with Gasteiger partial charge in [0.15, 0.2) is 5.88 Å². The Hall–Kier alpha value is -1.98. The van der Waals surface area contributed by atoms with Crippen LogP contribution in [0.1, 0.15) is 32.7 Å². The van der Waals surface area contributed by atoms with Crippen LogP contribution in [0.2, 0.25) is 0 Å². The highest BCUT2D eigenvalue weighted by atomic mass is 16.3. The third-order valence-electron chi connectivity index (χ3n) is 3.01. The third kappa shape index (κ3) is 1.75. The van der Waals surface area contributed by atoms with E-state index in [1.807, 2.05) is 13.8 Å². The third-order valence-corrected chi connectivity index (χ3v) is 3.01. The molecule has 0 saturated heterocycles. The lowest BCUT2D eigenvalue weighted by Crippen LogP contribution is -2.12. The van der Waals surface area contributed by atoms with Gasteiger partial charge < -0.3 is 10.8 Å². The first kappa shape index (κ1) is 11.5. The second-order valence-electron chi connectivity index (χ2n) is 4.04. The molecule has 2 rings (SSSR count). The van der Waals surface area contributed by atoms with Gasteiger partial charge in [0.25, 0.3) is 5.56 Å². The van der Waals surface area contributed by atoms with Crippen molar-refractivity contribution in [3.05, 3.63) is 16.4 Å². The van der Waals surface area contributed by atoms with Gasteiger partial charge in [0, 0.05) is 6.07 Å². The minimum absolute atomic E-state index is 0.170. The van der Waals surface area contributed by atoms with E-state index in [0.29, 0.717) is 16.7 Å². The molecule has 0 fully saturated rings. The van der Waals surface area contributed by atoms with Crippen molar-refractivity contribution in [1.29, 1.82) is 0 Å². The molecule has 0 aliphatic heterocycles. The molecule has 0 aliphatic rings. The van der Waals surface area contributed by atoms with Crippen LogP contribution in [0, 0.1) is 0 Å². The molecule has 0 saturated carbocycles. The van der Waals surface area contributed by atoms with Crippen molar-refractivity contribution < 1.29 is 5.11 Å². The number of H-pyrrole nitrogens is 1. The van der Waals surface area contributed by atoms with Crippen LogP contribution < -0.4 is 11.3 Å². The van der Waals surface area contributed by atoms with Crippen molar-refractivity contribution in [3.8, 4) is 5.88 Å². The van der Waals surface area contributed by atoms with Gasteiger partial charge in [-0.3, -0.25) is 9.78 Å². The summed E-state index contributed by atoms with van der Waals surface area (Å²) in [5.41, 5.74) is 5.96. The highest BCUT2D eigenvalue weighted by Crippen LogP contribution is 2.25. The van der Waals surface area contributed by atoms with Gasteiger partial charge in [0.1, 0.15) is 16.7 Å². The first-order valence-electron chi connectivity index (χ1n) is 5.68. The van der Waals surface area contributed by atoms with Crippen LogP contribution in [-0.2, 0) is 0 Å². The fourth-order valence-electron chi connectivity index (χ4n) is 2.06. The maximum atomic E-state index is 11.7. The van der Waals surface area contributed by atoms with E-state index in [1.165, 1.54) is 6.07 Å². The highest BCUT2D eigenvalue weighted by molar-refractivity contribution is 5.88. The predicted octanol–water partition coefficient (Wildman–Crippen LogP) is 1.37. The Bertz CT molecular complexity index is 595. The Morgan fingerprint density at radius 3 is 2.76 bits per heavy atom. The van der Waals surface area contributed by atoms with Crippen molar-refractivity contribution >= 4 is 16.7 Å². The average Bonchev–Trinajstić information content (AvgIpc) is 2.58. The number of aromatic amines is 1. The van der Waals surface area contributed by atoms with Crippen LogP contribution >= 0.6 is 0 Å². The van der Waals surface area contributed by atoms with E-state index in [9.17, 15) is 9.90 Å². The Morgan fingerprint density at radius 1 is 1.53 bits per heavy atom. The number of nitrogens with two attached hydrogens (primary N) is 1. The van der Waals surface area contributed by atoms with E-state index in [2.05, 4.69) is 10.1 Å². The van der Waals surface area contributed by atoms with E-state index in [-0.39, 0.29) is 11.9 Å². The summed E-state index contributed by atoms with van der Waals surface area (Å²) in [6.45, 7) is 4.09. The average molecular weight is 236 g/mol. The number of aromatic hydroxyl groups is 1. The molecule has 2 heterocycles. The van der Waals surface area contributed by atoms with Gasteiger partial charge in [-0.25, -0.2) is 4.68 Å². The summed E-state index contributed by atoms with van der Waals surface area (Å²) in [5.74, 6) is 0.159. The van der Waals surface area contributed by atoms with Crippen LogP contribution in [0.25, 0.3) is 10.9 Å². The Balaban J connectivity index is 2.72. The largest absolute Gasteiger partial charge is 0.494 e. The molecule has 0 aliphatic carbocycles. The normalized spacial score (nSPS) is 11.5. The van der Waals surface area contributed by atoms with Crippen molar-refractivity contribution in [1.82, 2.24) is 14.8 Å². The van der Waals surface area contributed by atoms with Crippen LogP contribution in [0.3, 0.4) is 0 Å². The van der Waals surface area contributed by atoms with Crippen molar-refractivity contribution in [3.63, 3.8) is 0 Å². The lowest BCUT2D eigenvalue weighted by Gasteiger charge is -2.14. The zero-order valence-electron chi connectivity index (χ0n) is 9.90. The minimum atomic E-state index is -0.408.